The Morgan fingerprint density at radius 1 is 1.56 bits per heavy atom. The third-order valence-electron chi connectivity index (χ3n) is 2.01. The van der Waals surface area contributed by atoms with Crippen LogP contribution < -0.4 is 5.32 Å². The molecule has 0 fully saturated rings. The molecule has 5 heteroatoms. The highest BCUT2D eigenvalue weighted by Gasteiger charge is 2.12. The third-order valence-corrected chi connectivity index (χ3v) is 3.34. The van der Waals surface area contributed by atoms with E-state index in [1.165, 1.54) is 11.3 Å². The summed E-state index contributed by atoms with van der Waals surface area (Å²) in [5.74, 6) is 0.296. The first-order valence-corrected chi connectivity index (χ1v) is 6.38. The summed E-state index contributed by atoms with van der Waals surface area (Å²) in [6, 6.07) is 3.51. The Kier molecular flexibility index (Phi) is 5.25. The Labute approximate surface area is 104 Å². The summed E-state index contributed by atoms with van der Waals surface area (Å²) in [4.78, 5) is 12.1. The minimum Gasteiger partial charge on any atom is -0.386 e. The highest BCUT2D eigenvalue weighted by Crippen LogP contribution is 2.26. The zero-order chi connectivity index (χ0) is 12.1. The molecule has 0 aromatic carbocycles. The fourth-order valence-corrected chi connectivity index (χ4v) is 2.31. The number of amides is 1. The molecule has 0 saturated carbocycles. The fourth-order valence-electron chi connectivity index (χ4n) is 1.26. The summed E-state index contributed by atoms with van der Waals surface area (Å²) in [5.41, 5.74) is 0. The minimum absolute atomic E-state index is 0.0308. The van der Waals surface area contributed by atoms with E-state index < -0.39 is 6.10 Å². The zero-order valence-corrected chi connectivity index (χ0v) is 10.9. The molecule has 16 heavy (non-hydrogen) atoms. The second-order valence-corrected chi connectivity index (χ2v) is 5.81. The quantitative estimate of drug-likeness (QED) is 0.856. The summed E-state index contributed by atoms with van der Waals surface area (Å²) in [7, 11) is 0. The van der Waals surface area contributed by atoms with Gasteiger partial charge in [-0.2, -0.15) is 0 Å². The van der Waals surface area contributed by atoms with E-state index in [0.29, 0.717) is 16.7 Å². The largest absolute Gasteiger partial charge is 0.386 e. The maximum absolute atomic E-state index is 11.3. The second kappa shape index (κ2) is 6.23. The molecule has 1 heterocycles. The SMILES string of the molecule is CC(C)CC(=O)NCC(O)c1ccc(Cl)s1. The molecule has 0 aliphatic rings. The van der Waals surface area contributed by atoms with Crippen LogP contribution in [0.15, 0.2) is 12.1 Å². The molecular formula is C11H16ClNO2S. The maximum Gasteiger partial charge on any atom is 0.220 e. The number of thiophene rings is 1. The van der Waals surface area contributed by atoms with Gasteiger partial charge in [-0.15, -0.1) is 11.3 Å². The van der Waals surface area contributed by atoms with Gasteiger partial charge in [-0.1, -0.05) is 25.4 Å². The van der Waals surface area contributed by atoms with Crippen molar-refractivity contribution in [2.24, 2.45) is 5.92 Å². The van der Waals surface area contributed by atoms with Crippen LogP contribution in [0.5, 0.6) is 0 Å². The molecule has 1 atom stereocenters. The lowest BCUT2D eigenvalue weighted by Gasteiger charge is -2.11. The normalized spacial score (nSPS) is 12.8. The van der Waals surface area contributed by atoms with E-state index in [-0.39, 0.29) is 12.5 Å². The van der Waals surface area contributed by atoms with Gasteiger partial charge in [-0.3, -0.25) is 4.79 Å². The Morgan fingerprint density at radius 3 is 2.75 bits per heavy atom. The van der Waals surface area contributed by atoms with Crippen LogP contribution >= 0.6 is 22.9 Å². The van der Waals surface area contributed by atoms with Crippen LogP contribution in [-0.2, 0) is 4.79 Å². The fraction of sp³-hybridized carbons (Fsp3) is 0.545. The number of hydrogen-bond donors (Lipinski definition) is 2. The average molecular weight is 262 g/mol. The number of halogens is 1. The minimum atomic E-state index is -0.673. The second-order valence-electron chi connectivity index (χ2n) is 4.06. The lowest BCUT2D eigenvalue weighted by atomic mass is 10.1. The monoisotopic (exact) mass is 261 g/mol. The van der Waals surface area contributed by atoms with Gasteiger partial charge >= 0.3 is 0 Å². The zero-order valence-electron chi connectivity index (χ0n) is 9.37. The lowest BCUT2D eigenvalue weighted by Crippen LogP contribution is -2.28. The summed E-state index contributed by atoms with van der Waals surface area (Å²) in [6.45, 7) is 4.20. The van der Waals surface area contributed by atoms with E-state index in [0.717, 1.165) is 4.88 Å². The molecule has 0 aliphatic heterocycles. The first kappa shape index (κ1) is 13.5. The van der Waals surface area contributed by atoms with Gasteiger partial charge in [-0.25, -0.2) is 0 Å². The molecule has 1 unspecified atom stereocenters. The van der Waals surface area contributed by atoms with Crippen LogP contribution in [0.2, 0.25) is 4.34 Å². The number of nitrogens with one attached hydrogen (secondary N) is 1. The summed E-state index contributed by atoms with van der Waals surface area (Å²) < 4.78 is 0.641. The number of aliphatic hydroxyl groups excluding tert-OH is 1. The number of aliphatic hydroxyl groups is 1. The first-order chi connectivity index (χ1) is 7.49. The van der Waals surface area contributed by atoms with Gasteiger partial charge in [0, 0.05) is 17.8 Å². The van der Waals surface area contributed by atoms with Gasteiger partial charge in [0.15, 0.2) is 0 Å². The lowest BCUT2D eigenvalue weighted by molar-refractivity contribution is -0.122. The molecule has 0 saturated heterocycles. The molecular weight excluding hydrogens is 246 g/mol. The van der Waals surface area contributed by atoms with E-state index in [4.69, 9.17) is 11.6 Å². The molecule has 3 nitrogen and oxygen atoms in total. The maximum atomic E-state index is 11.3. The predicted octanol–water partition coefficient (Wildman–Crippen LogP) is 2.60. The molecule has 0 radical (unpaired) electrons. The van der Waals surface area contributed by atoms with Crippen molar-refractivity contribution >= 4 is 28.8 Å². The van der Waals surface area contributed by atoms with Gasteiger partial charge in [0.25, 0.3) is 0 Å². The van der Waals surface area contributed by atoms with Crippen molar-refractivity contribution in [1.82, 2.24) is 5.32 Å². The number of carbonyl (C=O) groups is 1. The number of carbonyl (C=O) groups excluding carboxylic acids is 1. The van der Waals surface area contributed by atoms with Crippen LogP contribution in [0.1, 0.15) is 31.2 Å². The van der Waals surface area contributed by atoms with Crippen molar-refractivity contribution in [1.29, 1.82) is 0 Å². The summed E-state index contributed by atoms with van der Waals surface area (Å²) in [5, 5.41) is 12.5. The molecule has 0 spiro atoms. The van der Waals surface area contributed by atoms with E-state index in [1.54, 1.807) is 12.1 Å². The molecule has 1 amide bonds. The Bertz CT molecular complexity index is 352. The van der Waals surface area contributed by atoms with Crippen molar-refractivity contribution in [3.05, 3.63) is 21.3 Å². The molecule has 1 rings (SSSR count). The van der Waals surface area contributed by atoms with Crippen molar-refractivity contribution in [2.45, 2.75) is 26.4 Å². The highest BCUT2D eigenvalue weighted by atomic mass is 35.5. The topological polar surface area (TPSA) is 49.3 Å². The van der Waals surface area contributed by atoms with E-state index >= 15 is 0 Å². The number of rotatable bonds is 5. The molecule has 0 bridgehead atoms. The summed E-state index contributed by atoms with van der Waals surface area (Å²) in [6.07, 6.45) is -0.189. The van der Waals surface area contributed by atoms with E-state index in [2.05, 4.69) is 5.32 Å². The molecule has 1 aromatic rings. The van der Waals surface area contributed by atoms with Gasteiger partial charge in [0.05, 0.1) is 4.34 Å². The van der Waals surface area contributed by atoms with Crippen LogP contribution in [0.4, 0.5) is 0 Å². The molecule has 90 valence electrons. The standard InChI is InChI=1S/C11H16ClNO2S/c1-7(2)5-11(15)13-6-8(14)9-3-4-10(12)16-9/h3-4,7-8,14H,5-6H2,1-2H3,(H,13,15). The van der Waals surface area contributed by atoms with Gasteiger partial charge in [0.2, 0.25) is 5.91 Å². The van der Waals surface area contributed by atoms with Crippen LogP contribution in [0, 0.1) is 5.92 Å². The van der Waals surface area contributed by atoms with Gasteiger partial charge < -0.3 is 10.4 Å². The molecule has 1 aromatic heterocycles. The smallest absolute Gasteiger partial charge is 0.220 e. The third kappa shape index (κ3) is 4.51. The van der Waals surface area contributed by atoms with E-state index in [1.807, 2.05) is 13.8 Å². The van der Waals surface area contributed by atoms with Crippen LogP contribution in [-0.4, -0.2) is 17.6 Å². The average Bonchev–Trinajstić information content (AvgIpc) is 2.60. The Morgan fingerprint density at radius 2 is 2.25 bits per heavy atom. The Balaban J connectivity index is 2.35. The highest BCUT2D eigenvalue weighted by molar-refractivity contribution is 7.16. The summed E-state index contributed by atoms with van der Waals surface area (Å²) >= 11 is 7.08. The van der Waals surface area contributed by atoms with Gasteiger partial charge in [0.1, 0.15) is 6.10 Å². The van der Waals surface area contributed by atoms with Gasteiger partial charge in [-0.05, 0) is 18.1 Å². The first-order valence-electron chi connectivity index (χ1n) is 5.19. The van der Waals surface area contributed by atoms with Crippen molar-refractivity contribution < 1.29 is 9.90 Å². The predicted molar refractivity (Wildman–Crippen MR) is 66.8 cm³/mol. The Hall–Kier alpha value is -0.580. The van der Waals surface area contributed by atoms with Crippen molar-refractivity contribution in [3.8, 4) is 0 Å². The molecule has 0 aliphatic carbocycles. The van der Waals surface area contributed by atoms with Crippen LogP contribution in [0.3, 0.4) is 0 Å². The number of hydrogen-bond acceptors (Lipinski definition) is 3. The molecule has 2 N–H and O–H groups in total. The van der Waals surface area contributed by atoms with Crippen molar-refractivity contribution in [2.75, 3.05) is 6.54 Å². The van der Waals surface area contributed by atoms with E-state index in [9.17, 15) is 9.90 Å². The van der Waals surface area contributed by atoms with Crippen molar-refractivity contribution in [3.63, 3.8) is 0 Å². The van der Waals surface area contributed by atoms with Crippen LogP contribution in [0.25, 0.3) is 0 Å².